The van der Waals surface area contributed by atoms with Crippen LogP contribution in [0, 0.1) is 0 Å². The molecule has 1 saturated carbocycles. The lowest BCUT2D eigenvalue weighted by molar-refractivity contribution is 0.300. The van der Waals surface area contributed by atoms with Crippen molar-refractivity contribution >= 4 is 11.8 Å². The summed E-state index contributed by atoms with van der Waals surface area (Å²) < 4.78 is 5.54. The number of thioether (sulfide) groups is 1. The first kappa shape index (κ1) is 11.4. The Morgan fingerprint density at radius 3 is 2.82 bits per heavy atom. The first-order valence-corrected chi connectivity index (χ1v) is 7.43. The standard InChI is InChI=1S/C14H19NOS/c15-9-14(6-2-1-3-7-14)11-4-5-12-13(8-11)17-10-16-12/h4-5,8H,1-3,6-7,9-10,15H2. The van der Waals surface area contributed by atoms with Gasteiger partial charge < -0.3 is 10.5 Å². The first-order valence-electron chi connectivity index (χ1n) is 6.44. The van der Waals surface area contributed by atoms with Crippen LogP contribution in [0.1, 0.15) is 37.7 Å². The van der Waals surface area contributed by atoms with E-state index >= 15 is 0 Å². The molecule has 2 nitrogen and oxygen atoms in total. The molecule has 1 aromatic rings. The molecule has 92 valence electrons. The quantitative estimate of drug-likeness (QED) is 0.873. The Bertz CT molecular complexity index is 413. The van der Waals surface area contributed by atoms with Gasteiger partial charge in [0.05, 0.1) is 4.90 Å². The summed E-state index contributed by atoms with van der Waals surface area (Å²) in [5.74, 6) is 1.80. The van der Waals surface area contributed by atoms with E-state index in [9.17, 15) is 0 Å². The Hall–Kier alpha value is -0.670. The molecule has 0 spiro atoms. The largest absolute Gasteiger partial charge is 0.481 e. The fourth-order valence-corrected chi connectivity index (χ4v) is 3.86. The first-order chi connectivity index (χ1) is 8.34. The van der Waals surface area contributed by atoms with E-state index in [4.69, 9.17) is 10.5 Å². The molecular formula is C14H19NOS. The molecule has 1 aromatic carbocycles. The Labute approximate surface area is 107 Å². The van der Waals surface area contributed by atoms with Crippen molar-refractivity contribution in [1.29, 1.82) is 0 Å². The molecule has 1 aliphatic heterocycles. The van der Waals surface area contributed by atoms with Gasteiger partial charge in [-0.1, -0.05) is 37.1 Å². The Kier molecular flexibility index (Phi) is 3.05. The molecule has 3 heteroatoms. The molecule has 0 amide bonds. The lowest BCUT2D eigenvalue weighted by Gasteiger charge is -2.37. The van der Waals surface area contributed by atoms with Crippen LogP contribution in [0.3, 0.4) is 0 Å². The topological polar surface area (TPSA) is 35.2 Å². The third-order valence-corrected chi connectivity index (χ3v) is 5.05. The van der Waals surface area contributed by atoms with Gasteiger partial charge in [-0.3, -0.25) is 0 Å². The Balaban J connectivity index is 1.96. The third-order valence-electron chi connectivity index (χ3n) is 4.19. The van der Waals surface area contributed by atoms with Crippen LogP contribution in [0.4, 0.5) is 0 Å². The second kappa shape index (κ2) is 4.54. The van der Waals surface area contributed by atoms with E-state index in [1.54, 1.807) is 11.8 Å². The average Bonchev–Trinajstić information content (AvgIpc) is 2.86. The van der Waals surface area contributed by atoms with Crippen molar-refractivity contribution in [3.63, 3.8) is 0 Å². The fraction of sp³-hybridized carbons (Fsp3) is 0.571. The highest BCUT2D eigenvalue weighted by Crippen LogP contribution is 2.43. The third kappa shape index (κ3) is 1.95. The summed E-state index contributed by atoms with van der Waals surface area (Å²) in [4.78, 5) is 1.29. The van der Waals surface area contributed by atoms with Crippen LogP contribution in [0.5, 0.6) is 5.75 Å². The zero-order valence-electron chi connectivity index (χ0n) is 10.1. The SMILES string of the molecule is NCC1(c2ccc3c(c2)SCO3)CCCCC1. The van der Waals surface area contributed by atoms with Crippen molar-refractivity contribution in [2.24, 2.45) is 5.73 Å². The van der Waals surface area contributed by atoms with Gasteiger partial charge in [0.25, 0.3) is 0 Å². The maximum atomic E-state index is 6.08. The van der Waals surface area contributed by atoms with E-state index in [1.807, 2.05) is 0 Å². The molecule has 0 radical (unpaired) electrons. The molecule has 0 atom stereocenters. The van der Waals surface area contributed by atoms with E-state index < -0.39 is 0 Å². The molecule has 3 rings (SSSR count). The maximum Gasteiger partial charge on any atom is 0.138 e. The van der Waals surface area contributed by atoms with Gasteiger partial charge in [0.15, 0.2) is 0 Å². The summed E-state index contributed by atoms with van der Waals surface area (Å²) in [6.45, 7) is 0.775. The van der Waals surface area contributed by atoms with E-state index in [1.165, 1.54) is 42.6 Å². The van der Waals surface area contributed by atoms with E-state index in [-0.39, 0.29) is 5.41 Å². The minimum absolute atomic E-state index is 0.233. The summed E-state index contributed by atoms with van der Waals surface area (Å²) >= 11 is 1.79. The minimum Gasteiger partial charge on any atom is -0.481 e. The van der Waals surface area contributed by atoms with Gasteiger partial charge in [-0.15, -0.1) is 0 Å². The highest BCUT2D eigenvalue weighted by molar-refractivity contribution is 7.99. The Morgan fingerprint density at radius 1 is 1.24 bits per heavy atom. The van der Waals surface area contributed by atoms with E-state index in [2.05, 4.69) is 18.2 Å². The van der Waals surface area contributed by atoms with E-state index in [0.29, 0.717) is 0 Å². The number of fused-ring (bicyclic) bond motifs is 1. The number of hydrogen-bond donors (Lipinski definition) is 1. The van der Waals surface area contributed by atoms with Gasteiger partial charge in [-0.25, -0.2) is 0 Å². The molecule has 0 bridgehead atoms. The Morgan fingerprint density at radius 2 is 2.06 bits per heavy atom. The monoisotopic (exact) mass is 249 g/mol. The van der Waals surface area contributed by atoms with Crippen LogP contribution in [0.15, 0.2) is 23.1 Å². The van der Waals surface area contributed by atoms with Crippen molar-refractivity contribution < 1.29 is 4.74 Å². The predicted octanol–water partition coefficient (Wildman–Crippen LogP) is 3.29. The lowest BCUT2D eigenvalue weighted by Crippen LogP contribution is -2.37. The molecular weight excluding hydrogens is 230 g/mol. The number of rotatable bonds is 2. The summed E-state index contributed by atoms with van der Waals surface area (Å²) in [5, 5.41) is 0. The van der Waals surface area contributed by atoms with Crippen molar-refractivity contribution in [2.75, 3.05) is 12.5 Å². The fourth-order valence-electron chi connectivity index (χ4n) is 3.07. The van der Waals surface area contributed by atoms with Crippen LogP contribution < -0.4 is 10.5 Å². The zero-order valence-corrected chi connectivity index (χ0v) is 10.9. The van der Waals surface area contributed by atoms with Crippen molar-refractivity contribution in [3.8, 4) is 5.75 Å². The lowest BCUT2D eigenvalue weighted by atomic mass is 9.69. The molecule has 2 N–H and O–H groups in total. The maximum absolute atomic E-state index is 6.08. The summed E-state index contributed by atoms with van der Waals surface area (Å²) in [6.07, 6.45) is 6.49. The molecule has 1 fully saturated rings. The molecule has 0 saturated heterocycles. The van der Waals surface area contributed by atoms with E-state index in [0.717, 1.165) is 18.2 Å². The predicted molar refractivity (Wildman–Crippen MR) is 71.6 cm³/mol. The number of hydrogen-bond acceptors (Lipinski definition) is 3. The van der Waals surface area contributed by atoms with Gasteiger partial charge in [0.1, 0.15) is 11.7 Å². The molecule has 0 aromatic heterocycles. The normalized spacial score (nSPS) is 21.9. The number of ether oxygens (including phenoxy) is 1. The zero-order chi connectivity index (χ0) is 11.7. The molecule has 2 aliphatic rings. The summed E-state index contributed by atoms with van der Waals surface area (Å²) in [5.41, 5.74) is 7.74. The van der Waals surface area contributed by atoms with Gasteiger partial charge in [-0.2, -0.15) is 0 Å². The van der Waals surface area contributed by atoms with Crippen LogP contribution in [0.2, 0.25) is 0 Å². The van der Waals surface area contributed by atoms with Gasteiger partial charge in [0.2, 0.25) is 0 Å². The summed E-state index contributed by atoms with van der Waals surface area (Å²) in [6, 6.07) is 6.66. The smallest absolute Gasteiger partial charge is 0.138 e. The number of benzene rings is 1. The van der Waals surface area contributed by atoms with Gasteiger partial charge >= 0.3 is 0 Å². The number of nitrogens with two attached hydrogens (primary N) is 1. The second-order valence-corrected chi connectivity index (χ2v) is 6.08. The van der Waals surface area contributed by atoms with Crippen LogP contribution in [0.25, 0.3) is 0 Å². The van der Waals surface area contributed by atoms with Crippen molar-refractivity contribution in [2.45, 2.75) is 42.4 Å². The van der Waals surface area contributed by atoms with Crippen LogP contribution in [-0.4, -0.2) is 12.5 Å². The summed E-state index contributed by atoms with van der Waals surface area (Å²) in [7, 11) is 0. The minimum atomic E-state index is 0.233. The molecule has 0 unspecified atom stereocenters. The second-order valence-electron chi connectivity index (χ2n) is 5.11. The van der Waals surface area contributed by atoms with Crippen molar-refractivity contribution in [3.05, 3.63) is 23.8 Å². The molecule has 17 heavy (non-hydrogen) atoms. The molecule has 1 heterocycles. The van der Waals surface area contributed by atoms with Gasteiger partial charge in [0, 0.05) is 12.0 Å². The molecule has 1 aliphatic carbocycles. The average molecular weight is 249 g/mol. The van der Waals surface area contributed by atoms with Crippen LogP contribution >= 0.6 is 11.8 Å². The van der Waals surface area contributed by atoms with Crippen LogP contribution in [-0.2, 0) is 5.41 Å². The van der Waals surface area contributed by atoms with Crippen molar-refractivity contribution in [1.82, 2.24) is 0 Å². The van der Waals surface area contributed by atoms with Gasteiger partial charge in [-0.05, 0) is 30.5 Å². The highest BCUT2D eigenvalue weighted by Gasteiger charge is 2.33. The highest BCUT2D eigenvalue weighted by atomic mass is 32.2.